The van der Waals surface area contributed by atoms with Gasteiger partial charge < -0.3 is 16.0 Å². The number of nitrogen functional groups attached to an aromatic ring is 1. The molecule has 1 aromatic carbocycles. The first-order chi connectivity index (χ1) is 8.59. The molecule has 4 nitrogen and oxygen atoms in total. The zero-order chi connectivity index (χ0) is 13.1. The average Bonchev–Trinajstić information content (AvgIpc) is 2.75. The predicted octanol–water partition coefficient (Wildman–Crippen LogP) is 1.75. The van der Waals surface area contributed by atoms with Gasteiger partial charge in [-0.05, 0) is 38.6 Å². The van der Waals surface area contributed by atoms with Crippen LogP contribution >= 0.6 is 11.6 Å². The van der Waals surface area contributed by atoms with Crippen molar-refractivity contribution >= 4 is 23.2 Å². The lowest BCUT2D eigenvalue weighted by Crippen LogP contribution is -2.38. The zero-order valence-corrected chi connectivity index (χ0v) is 11.2. The number of likely N-dealkylation sites (N-methyl/N-ethyl adjacent to an activating group) is 1. The van der Waals surface area contributed by atoms with Crippen LogP contribution in [0.5, 0.6) is 0 Å². The number of hydrogen-bond donors (Lipinski definition) is 2. The molecule has 1 saturated heterocycles. The van der Waals surface area contributed by atoms with Gasteiger partial charge in [0.1, 0.15) is 0 Å². The van der Waals surface area contributed by atoms with Gasteiger partial charge in [-0.1, -0.05) is 17.7 Å². The third kappa shape index (κ3) is 2.76. The van der Waals surface area contributed by atoms with Crippen molar-refractivity contribution in [1.82, 2.24) is 10.2 Å². The third-order valence-electron chi connectivity index (χ3n) is 3.44. The Morgan fingerprint density at radius 1 is 1.61 bits per heavy atom. The van der Waals surface area contributed by atoms with Gasteiger partial charge in [0.2, 0.25) is 0 Å². The number of carbonyl (C=O) groups is 1. The molecule has 98 valence electrons. The fraction of sp³-hybridized carbons (Fsp3) is 0.462. The number of likely N-dealkylation sites (tertiary alicyclic amines) is 1. The molecule has 0 spiro atoms. The smallest absolute Gasteiger partial charge is 0.252 e. The first-order valence-corrected chi connectivity index (χ1v) is 6.50. The van der Waals surface area contributed by atoms with E-state index in [0.29, 0.717) is 28.9 Å². The second kappa shape index (κ2) is 5.59. The van der Waals surface area contributed by atoms with E-state index in [1.54, 1.807) is 18.2 Å². The quantitative estimate of drug-likeness (QED) is 0.821. The molecule has 0 aliphatic carbocycles. The maximum absolute atomic E-state index is 12.0. The van der Waals surface area contributed by atoms with Gasteiger partial charge >= 0.3 is 0 Å². The second-order valence-corrected chi connectivity index (χ2v) is 5.07. The van der Waals surface area contributed by atoms with Crippen LogP contribution in [0.3, 0.4) is 0 Å². The summed E-state index contributed by atoms with van der Waals surface area (Å²) in [6.45, 7) is 1.75. The Hall–Kier alpha value is -1.26. The molecular weight excluding hydrogens is 250 g/mol. The Balaban J connectivity index is 1.97. The summed E-state index contributed by atoms with van der Waals surface area (Å²) >= 11 is 6.02. The van der Waals surface area contributed by atoms with Crippen molar-refractivity contribution in [3.05, 3.63) is 28.8 Å². The predicted molar refractivity (Wildman–Crippen MR) is 73.8 cm³/mol. The fourth-order valence-corrected chi connectivity index (χ4v) is 2.48. The van der Waals surface area contributed by atoms with Crippen LogP contribution in [0.4, 0.5) is 5.69 Å². The topological polar surface area (TPSA) is 58.4 Å². The van der Waals surface area contributed by atoms with Crippen molar-refractivity contribution in [3.8, 4) is 0 Å². The number of rotatable bonds is 3. The molecule has 1 heterocycles. The monoisotopic (exact) mass is 267 g/mol. The highest BCUT2D eigenvalue weighted by atomic mass is 35.5. The maximum atomic E-state index is 12.0. The lowest BCUT2D eigenvalue weighted by Gasteiger charge is -2.19. The van der Waals surface area contributed by atoms with Gasteiger partial charge in [0.15, 0.2) is 0 Å². The molecular formula is C13H18ClN3O. The van der Waals surface area contributed by atoms with Crippen LogP contribution in [0.1, 0.15) is 23.2 Å². The highest BCUT2D eigenvalue weighted by Crippen LogP contribution is 2.23. The highest BCUT2D eigenvalue weighted by Gasteiger charge is 2.21. The molecule has 5 heteroatoms. The third-order valence-corrected chi connectivity index (χ3v) is 3.86. The standard InChI is InChI=1S/C13H18ClN3O/c1-17-7-3-4-9(17)8-16-13(18)10-5-2-6-11(15)12(10)14/h2,5-6,9H,3-4,7-8,15H2,1H3,(H,16,18). The van der Waals surface area contributed by atoms with Gasteiger partial charge in [-0.3, -0.25) is 4.79 Å². The maximum Gasteiger partial charge on any atom is 0.252 e. The van der Waals surface area contributed by atoms with E-state index in [2.05, 4.69) is 17.3 Å². The molecule has 2 rings (SSSR count). The molecule has 1 amide bonds. The van der Waals surface area contributed by atoms with Gasteiger partial charge in [0, 0.05) is 12.6 Å². The molecule has 0 bridgehead atoms. The van der Waals surface area contributed by atoms with Crippen LogP contribution in [0.15, 0.2) is 18.2 Å². The number of benzene rings is 1. The lowest BCUT2D eigenvalue weighted by atomic mass is 10.1. The summed E-state index contributed by atoms with van der Waals surface area (Å²) in [5.41, 5.74) is 6.55. The number of anilines is 1. The minimum atomic E-state index is -0.160. The Bertz CT molecular complexity index is 450. The summed E-state index contributed by atoms with van der Waals surface area (Å²) in [5, 5.41) is 3.25. The van der Waals surface area contributed by atoms with E-state index in [1.165, 1.54) is 6.42 Å². The van der Waals surface area contributed by atoms with Crippen LogP contribution in [0.25, 0.3) is 0 Å². The molecule has 1 atom stereocenters. The van der Waals surface area contributed by atoms with Crippen molar-refractivity contribution < 1.29 is 4.79 Å². The van der Waals surface area contributed by atoms with E-state index < -0.39 is 0 Å². The molecule has 0 aromatic heterocycles. The van der Waals surface area contributed by atoms with Crippen molar-refractivity contribution in [2.24, 2.45) is 0 Å². The molecule has 3 N–H and O–H groups in total. The van der Waals surface area contributed by atoms with Crippen LogP contribution < -0.4 is 11.1 Å². The number of hydrogen-bond acceptors (Lipinski definition) is 3. The Kier molecular flexibility index (Phi) is 4.09. The van der Waals surface area contributed by atoms with Crippen molar-refractivity contribution in [3.63, 3.8) is 0 Å². The van der Waals surface area contributed by atoms with Crippen LogP contribution in [0, 0.1) is 0 Å². The molecule has 1 unspecified atom stereocenters. The lowest BCUT2D eigenvalue weighted by molar-refractivity contribution is 0.0944. The molecule has 0 saturated carbocycles. The van der Waals surface area contributed by atoms with E-state index in [-0.39, 0.29) is 5.91 Å². The number of halogens is 1. The van der Waals surface area contributed by atoms with Crippen molar-refractivity contribution in [1.29, 1.82) is 0 Å². The first kappa shape index (κ1) is 13.2. The Labute approximate surface area is 112 Å². The van der Waals surface area contributed by atoms with E-state index in [1.807, 2.05) is 0 Å². The molecule has 1 aromatic rings. The van der Waals surface area contributed by atoms with Crippen molar-refractivity contribution in [2.75, 3.05) is 25.9 Å². The van der Waals surface area contributed by atoms with Gasteiger partial charge in [0.25, 0.3) is 5.91 Å². The van der Waals surface area contributed by atoms with Crippen LogP contribution in [-0.2, 0) is 0 Å². The van der Waals surface area contributed by atoms with Crippen molar-refractivity contribution in [2.45, 2.75) is 18.9 Å². The van der Waals surface area contributed by atoms with E-state index in [9.17, 15) is 4.79 Å². The molecule has 1 aliphatic heterocycles. The number of carbonyl (C=O) groups excluding carboxylic acids is 1. The van der Waals surface area contributed by atoms with Crippen LogP contribution in [0.2, 0.25) is 5.02 Å². The Morgan fingerprint density at radius 2 is 2.39 bits per heavy atom. The number of amides is 1. The van der Waals surface area contributed by atoms with Gasteiger partial charge in [-0.15, -0.1) is 0 Å². The number of nitrogens with zero attached hydrogens (tertiary/aromatic N) is 1. The van der Waals surface area contributed by atoms with Crippen LogP contribution in [-0.4, -0.2) is 37.0 Å². The molecule has 18 heavy (non-hydrogen) atoms. The highest BCUT2D eigenvalue weighted by molar-refractivity contribution is 6.36. The van der Waals surface area contributed by atoms with Gasteiger partial charge in [-0.25, -0.2) is 0 Å². The van der Waals surface area contributed by atoms with Gasteiger partial charge in [0.05, 0.1) is 16.3 Å². The number of nitrogens with two attached hydrogens (primary N) is 1. The number of nitrogens with one attached hydrogen (secondary N) is 1. The minimum Gasteiger partial charge on any atom is -0.398 e. The van der Waals surface area contributed by atoms with Gasteiger partial charge in [-0.2, -0.15) is 0 Å². The van der Waals surface area contributed by atoms with E-state index in [0.717, 1.165) is 13.0 Å². The van der Waals surface area contributed by atoms with E-state index in [4.69, 9.17) is 17.3 Å². The zero-order valence-electron chi connectivity index (χ0n) is 10.4. The largest absolute Gasteiger partial charge is 0.398 e. The summed E-state index contributed by atoms with van der Waals surface area (Å²) < 4.78 is 0. The summed E-state index contributed by atoms with van der Waals surface area (Å²) in [5.74, 6) is -0.160. The van der Waals surface area contributed by atoms with E-state index >= 15 is 0 Å². The average molecular weight is 268 g/mol. The Morgan fingerprint density at radius 3 is 3.06 bits per heavy atom. The summed E-state index contributed by atoms with van der Waals surface area (Å²) in [7, 11) is 2.08. The summed E-state index contributed by atoms with van der Waals surface area (Å²) in [4.78, 5) is 14.3. The SMILES string of the molecule is CN1CCCC1CNC(=O)c1cccc(N)c1Cl. The minimum absolute atomic E-state index is 0.160. The normalized spacial score (nSPS) is 20.0. The molecule has 0 radical (unpaired) electrons. The summed E-state index contributed by atoms with van der Waals surface area (Å²) in [6, 6.07) is 5.53. The fourth-order valence-electron chi connectivity index (χ4n) is 2.27. The summed E-state index contributed by atoms with van der Waals surface area (Å²) in [6.07, 6.45) is 2.32. The second-order valence-electron chi connectivity index (χ2n) is 4.70. The first-order valence-electron chi connectivity index (χ1n) is 6.12. The molecule has 1 fully saturated rings. The molecule has 1 aliphatic rings.